The SMILES string of the molecule is Cc1csc(-c2nc(NC(=O)c3cnc(N4CCC(C(=O)O)CC4)c(Cl)c3)sc2CN(C)C(C)C)c1. The van der Waals surface area contributed by atoms with Gasteiger partial charge in [0.15, 0.2) is 5.13 Å². The molecule has 0 aliphatic carbocycles. The molecule has 1 aliphatic heterocycles. The number of aryl methyl sites for hydroxylation is 1. The van der Waals surface area contributed by atoms with Crippen molar-refractivity contribution in [3.8, 4) is 10.6 Å². The fourth-order valence-electron chi connectivity index (χ4n) is 3.96. The van der Waals surface area contributed by atoms with Crippen LogP contribution in [-0.2, 0) is 11.3 Å². The molecule has 3 aromatic heterocycles. The van der Waals surface area contributed by atoms with E-state index in [1.165, 1.54) is 23.1 Å². The van der Waals surface area contributed by atoms with E-state index in [0.717, 1.165) is 22.0 Å². The van der Waals surface area contributed by atoms with Gasteiger partial charge in [-0.3, -0.25) is 19.8 Å². The second kappa shape index (κ2) is 11.2. The van der Waals surface area contributed by atoms with E-state index in [1.807, 2.05) is 4.90 Å². The average molecular weight is 548 g/mol. The van der Waals surface area contributed by atoms with Gasteiger partial charge in [-0.1, -0.05) is 22.9 Å². The van der Waals surface area contributed by atoms with Crippen molar-refractivity contribution in [3.63, 3.8) is 0 Å². The van der Waals surface area contributed by atoms with E-state index in [0.29, 0.717) is 53.5 Å². The van der Waals surface area contributed by atoms with E-state index >= 15 is 0 Å². The Labute approximate surface area is 223 Å². The Kier molecular flexibility index (Phi) is 8.29. The highest BCUT2D eigenvalue weighted by atomic mass is 35.5. The molecule has 8 nitrogen and oxygen atoms in total. The van der Waals surface area contributed by atoms with Gasteiger partial charge in [0, 0.05) is 36.8 Å². The van der Waals surface area contributed by atoms with Gasteiger partial charge in [0.05, 0.1) is 27.1 Å². The second-order valence-electron chi connectivity index (χ2n) is 9.37. The molecular formula is C25H30ClN5O3S2. The maximum atomic E-state index is 13.0. The monoisotopic (exact) mass is 547 g/mol. The van der Waals surface area contributed by atoms with Gasteiger partial charge < -0.3 is 10.0 Å². The Balaban J connectivity index is 1.50. The molecule has 11 heteroatoms. The number of aliphatic carboxylic acids is 1. The van der Waals surface area contributed by atoms with Crippen LogP contribution in [0.5, 0.6) is 0 Å². The molecule has 36 heavy (non-hydrogen) atoms. The highest BCUT2D eigenvalue weighted by Crippen LogP contribution is 2.36. The zero-order valence-electron chi connectivity index (χ0n) is 20.7. The maximum absolute atomic E-state index is 13.0. The minimum absolute atomic E-state index is 0.327. The first-order valence-electron chi connectivity index (χ1n) is 11.8. The molecule has 0 saturated carbocycles. The van der Waals surface area contributed by atoms with E-state index in [-0.39, 0.29) is 11.8 Å². The molecule has 1 aliphatic rings. The number of thiazole rings is 1. The summed E-state index contributed by atoms with van der Waals surface area (Å²) in [5.74, 6) is -0.858. The largest absolute Gasteiger partial charge is 0.481 e. The third-order valence-electron chi connectivity index (χ3n) is 6.38. The second-order valence-corrected chi connectivity index (χ2v) is 11.8. The van der Waals surface area contributed by atoms with Crippen LogP contribution in [0.4, 0.5) is 10.9 Å². The number of nitrogens with zero attached hydrogens (tertiary/aromatic N) is 4. The molecule has 192 valence electrons. The molecule has 2 N–H and O–H groups in total. The summed E-state index contributed by atoms with van der Waals surface area (Å²) in [5.41, 5.74) is 2.43. The summed E-state index contributed by atoms with van der Waals surface area (Å²) in [6.45, 7) is 8.21. The number of rotatable bonds is 8. The molecule has 1 amide bonds. The standard InChI is InChI=1S/C25H30ClN5O3S2/c1-14(2)30(4)12-20-21(19-9-15(3)13-35-19)28-25(36-20)29-23(32)17-10-18(26)22(27-11-17)31-7-5-16(6-8-31)24(33)34/h9-11,13-14,16H,5-8,12H2,1-4H3,(H,33,34)(H,28,29,32). The Hall–Kier alpha value is -2.53. The van der Waals surface area contributed by atoms with Crippen molar-refractivity contribution in [2.75, 3.05) is 30.4 Å². The van der Waals surface area contributed by atoms with Crippen LogP contribution in [0.25, 0.3) is 10.6 Å². The lowest BCUT2D eigenvalue weighted by molar-refractivity contribution is -0.142. The Morgan fingerprint density at radius 3 is 2.61 bits per heavy atom. The van der Waals surface area contributed by atoms with E-state index in [4.69, 9.17) is 16.6 Å². The molecular weight excluding hydrogens is 518 g/mol. The summed E-state index contributed by atoms with van der Waals surface area (Å²) >= 11 is 9.61. The number of carboxylic acids is 1. The Morgan fingerprint density at radius 1 is 1.31 bits per heavy atom. The van der Waals surface area contributed by atoms with Gasteiger partial charge in [-0.2, -0.15) is 0 Å². The van der Waals surface area contributed by atoms with Crippen LogP contribution in [0, 0.1) is 12.8 Å². The number of halogens is 1. The number of aromatic nitrogens is 2. The number of amides is 1. The van der Waals surface area contributed by atoms with Gasteiger partial charge in [-0.15, -0.1) is 11.3 Å². The van der Waals surface area contributed by atoms with Crippen LogP contribution < -0.4 is 10.2 Å². The molecule has 4 rings (SSSR count). The van der Waals surface area contributed by atoms with E-state index < -0.39 is 5.97 Å². The molecule has 0 bridgehead atoms. The number of anilines is 2. The summed E-state index contributed by atoms with van der Waals surface area (Å²) in [5, 5.41) is 15.1. The minimum atomic E-state index is -0.765. The first-order valence-corrected chi connectivity index (χ1v) is 13.9. The van der Waals surface area contributed by atoms with E-state index in [1.54, 1.807) is 17.4 Å². The number of hydrogen-bond donors (Lipinski definition) is 2. The maximum Gasteiger partial charge on any atom is 0.306 e. The fraction of sp³-hybridized carbons (Fsp3) is 0.440. The highest BCUT2D eigenvalue weighted by molar-refractivity contribution is 7.17. The molecule has 1 fully saturated rings. The molecule has 0 spiro atoms. The van der Waals surface area contributed by atoms with Gasteiger partial charge in [-0.25, -0.2) is 9.97 Å². The lowest BCUT2D eigenvalue weighted by atomic mass is 9.97. The topological polar surface area (TPSA) is 98.7 Å². The van der Waals surface area contributed by atoms with Crippen LogP contribution in [0.2, 0.25) is 5.02 Å². The van der Waals surface area contributed by atoms with Crippen LogP contribution in [0.15, 0.2) is 23.7 Å². The number of nitrogens with one attached hydrogen (secondary N) is 1. The first kappa shape index (κ1) is 26.5. The van der Waals surface area contributed by atoms with Gasteiger partial charge in [0.25, 0.3) is 5.91 Å². The number of carbonyl (C=O) groups is 2. The third-order valence-corrected chi connectivity index (χ3v) is 8.67. The van der Waals surface area contributed by atoms with Gasteiger partial charge >= 0.3 is 5.97 Å². The van der Waals surface area contributed by atoms with Crippen molar-refractivity contribution >= 4 is 57.1 Å². The first-order chi connectivity index (χ1) is 17.1. The molecule has 0 unspecified atom stereocenters. The van der Waals surface area contributed by atoms with Gasteiger partial charge in [0.1, 0.15) is 5.82 Å². The van der Waals surface area contributed by atoms with Crippen LogP contribution in [-0.4, -0.2) is 58.0 Å². The number of pyridine rings is 1. The Bertz CT molecular complexity index is 1250. The molecule has 0 atom stereocenters. The van der Waals surface area contributed by atoms with Crippen LogP contribution in [0.3, 0.4) is 0 Å². The number of carboxylic acid groups (broad SMARTS) is 1. The molecule has 0 aromatic carbocycles. The highest BCUT2D eigenvalue weighted by Gasteiger charge is 2.26. The average Bonchev–Trinajstić information content (AvgIpc) is 3.44. The lowest BCUT2D eigenvalue weighted by Gasteiger charge is -2.31. The predicted molar refractivity (Wildman–Crippen MR) is 147 cm³/mol. The normalized spacial score (nSPS) is 14.6. The predicted octanol–water partition coefficient (Wildman–Crippen LogP) is 5.62. The third kappa shape index (κ3) is 6.05. The van der Waals surface area contributed by atoms with E-state index in [2.05, 4.69) is 54.5 Å². The van der Waals surface area contributed by atoms with E-state index in [9.17, 15) is 14.7 Å². The molecule has 1 saturated heterocycles. The molecule has 4 heterocycles. The van der Waals surface area contributed by atoms with Crippen molar-refractivity contribution in [2.24, 2.45) is 5.92 Å². The molecule has 3 aromatic rings. The van der Waals surface area contributed by atoms with Crippen LogP contribution >= 0.6 is 34.3 Å². The van der Waals surface area contributed by atoms with Gasteiger partial charge in [0.2, 0.25) is 0 Å². The summed E-state index contributed by atoms with van der Waals surface area (Å²) < 4.78 is 0. The smallest absolute Gasteiger partial charge is 0.306 e. The quantitative estimate of drug-likeness (QED) is 0.377. The lowest BCUT2D eigenvalue weighted by Crippen LogP contribution is -2.37. The van der Waals surface area contributed by atoms with Crippen molar-refractivity contribution in [2.45, 2.75) is 46.2 Å². The summed E-state index contributed by atoms with van der Waals surface area (Å²) in [4.78, 5) is 39.8. The minimum Gasteiger partial charge on any atom is -0.481 e. The zero-order valence-corrected chi connectivity index (χ0v) is 23.1. The number of thiophene rings is 1. The molecule has 0 radical (unpaired) electrons. The fourth-order valence-corrected chi connectivity index (χ4v) is 6.26. The van der Waals surface area contributed by atoms with Crippen molar-refractivity contribution < 1.29 is 14.7 Å². The van der Waals surface area contributed by atoms with Gasteiger partial charge in [-0.05, 0) is 63.7 Å². The van der Waals surface area contributed by atoms with Crippen molar-refractivity contribution in [1.29, 1.82) is 0 Å². The van der Waals surface area contributed by atoms with Crippen molar-refractivity contribution in [3.05, 3.63) is 44.7 Å². The Morgan fingerprint density at radius 2 is 2.03 bits per heavy atom. The number of hydrogen-bond acceptors (Lipinski definition) is 8. The van der Waals surface area contributed by atoms with Crippen LogP contribution in [0.1, 0.15) is 47.5 Å². The summed E-state index contributed by atoms with van der Waals surface area (Å²) in [6.07, 6.45) is 2.59. The zero-order chi connectivity index (χ0) is 26.0. The van der Waals surface area contributed by atoms with Crippen molar-refractivity contribution in [1.82, 2.24) is 14.9 Å². The summed E-state index contributed by atoms with van der Waals surface area (Å²) in [6, 6.07) is 4.10. The summed E-state index contributed by atoms with van der Waals surface area (Å²) in [7, 11) is 2.07. The number of carbonyl (C=O) groups excluding carboxylic acids is 1. The number of piperidine rings is 1.